The van der Waals surface area contributed by atoms with Gasteiger partial charge in [0.1, 0.15) is 6.61 Å². The van der Waals surface area contributed by atoms with E-state index in [1.165, 1.54) is 18.2 Å². The second-order valence-corrected chi connectivity index (χ2v) is 4.84. The van der Waals surface area contributed by atoms with Crippen molar-refractivity contribution in [2.24, 2.45) is 0 Å². The fraction of sp³-hybridized carbons (Fsp3) is 0.235. The number of nitrogens with one attached hydrogen (secondary N) is 2. The van der Waals surface area contributed by atoms with E-state index in [2.05, 4.69) is 29.7 Å². The van der Waals surface area contributed by atoms with Gasteiger partial charge in [-0.25, -0.2) is 0 Å². The van der Waals surface area contributed by atoms with Crippen LogP contribution >= 0.6 is 0 Å². The zero-order valence-electron chi connectivity index (χ0n) is 12.3. The molecule has 0 aliphatic heterocycles. The van der Waals surface area contributed by atoms with Gasteiger partial charge >= 0.3 is 0 Å². The maximum Gasteiger partial charge on any atom is 0.250 e. The van der Waals surface area contributed by atoms with Crippen LogP contribution in [0, 0.1) is 6.92 Å². The Morgan fingerprint density at radius 2 is 1.71 bits per heavy atom. The van der Waals surface area contributed by atoms with Gasteiger partial charge in [0.05, 0.1) is 0 Å². The van der Waals surface area contributed by atoms with Crippen LogP contribution in [0.5, 0.6) is 0 Å². The molecule has 0 spiro atoms. The summed E-state index contributed by atoms with van der Waals surface area (Å²) in [4.78, 5) is 11.4. The van der Waals surface area contributed by atoms with Crippen LogP contribution in [-0.2, 0) is 16.1 Å². The van der Waals surface area contributed by atoms with Gasteiger partial charge in [-0.05, 0) is 42.3 Å². The number of hydrogen-bond donors (Lipinski definition) is 2. The van der Waals surface area contributed by atoms with Crippen molar-refractivity contribution in [2.45, 2.75) is 13.5 Å². The Hall–Kier alpha value is -2.33. The zero-order chi connectivity index (χ0) is 15.1. The lowest BCUT2D eigenvalue weighted by Gasteiger charge is -2.10. The predicted octanol–water partition coefficient (Wildman–Crippen LogP) is 3.19. The van der Waals surface area contributed by atoms with Crippen LogP contribution in [0.3, 0.4) is 0 Å². The summed E-state index contributed by atoms with van der Waals surface area (Å²) in [5.41, 5.74) is 4.32. The van der Waals surface area contributed by atoms with E-state index in [1.807, 2.05) is 36.4 Å². The van der Waals surface area contributed by atoms with Crippen molar-refractivity contribution in [3.63, 3.8) is 0 Å². The standard InChI is InChI=1S/C17H20N2O2/c1-13-5-3-4-6-14(13)11-18-15-7-9-16(10-8-15)19-17(20)12-21-2/h3-10,18H,11-12H2,1-2H3,(H,19,20). The summed E-state index contributed by atoms with van der Waals surface area (Å²) < 4.78 is 4.77. The highest BCUT2D eigenvalue weighted by atomic mass is 16.5. The highest BCUT2D eigenvalue weighted by Gasteiger charge is 2.01. The number of benzene rings is 2. The highest BCUT2D eigenvalue weighted by Crippen LogP contribution is 2.15. The van der Waals surface area contributed by atoms with E-state index in [1.54, 1.807) is 0 Å². The molecule has 0 atom stereocenters. The summed E-state index contributed by atoms with van der Waals surface area (Å²) in [6.07, 6.45) is 0. The van der Waals surface area contributed by atoms with E-state index < -0.39 is 0 Å². The van der Waals surface area contributed by atoms with E-state index in [-0.39, 0.29) is 12.5 Å². The molecule has 0 aliphatic rings. The van der Waals surface area contributed by atoms with Gasteiger partial charge in [0, 0.05) is 25.0 Å². The van der Waals surface area contributed by atoms with Crippen molar-refractivity contribution in [2.75, 3.05) is 24.4 Å². The van der Waals surface area contributed by atoms with Crippen LogP contribution in [0.4, 0.5) is 11.4 Å². The molecule has 0 heterocycles. The Morgan fingerprint density at radius 1 is 1.05 bits per heavy atom. The molecule has 0 aliphatic carbocycles. The van der Waals surface area contributed by atoms with Gasteiger partial charge < -0.3 is 15.4 Å². The minimum absolute atomic E-state index is 0.0628. The number of carbonyl (C=O) groups excluding carboxylic acids is 1. The predicted molar refractivity (Wildman–Crippen MR) is 85.5 cm³/mol. The van der Waals surface area contributed by atoms with Crippen molar-refractivity contribution < 1.29 is 9.53 Å². The van der Waals surface area contributed by atoms with E-state index in [0.717, 1.165) is 17.9 Å². The molecular formula is C17H20N2O2. The average molecular weight is 284 g/mol. The third-order valence-corrected chi connectivity index (χ3v) is 3.19. The van der Waals surface area contributed by atoms with Crippen molar-refractivity contribution in [3.05, 3.63) is 59.7 Å². The van der Waals surface area contributed by atoms with Crippen molar-refractivity contribution >= 4 is 17.3 Å². The number of amides is 1. The highest BCUT2D eigenvalue weighted by molar-refractivity contribution is 5.91. The smallest absolute Gasteiger partial charge is 0.250 e. The summed E-state index contributed by atoms with van der Waals surface area (Å²) in [6.45, 7) is 2.95. The average Bonchev–Trinajstić information content (AvgIpc) is 2.48. The molecular weight excluding hydrogens is 264 g/mol. The second kappa shape index (κ2) is 7.45. The molecule has 2 aromatic rings. The molecule has 2 aromatic carbocycles. The van der Waals surface area contributed by atoms with Crippen molar-refractivity contribution in [3.8, 4) is 0 Å². The second-order valence-electron chi connectivity index (χ2n) is 4.84. The lowest BCUT2D eigenvalue weighted by molar-refractivity contribution is -0.119. The number of hydrogen-bond acceptors (Lipinski definition) is 3. The summed E-state index contributed by atoms with van der Waals surface area (Å²) in [6, 6.07) is 15.9. The van der Waals surface area contributed by atoms with E-state index in [0.29, 0.717) is 0 Å². The van der Waals surface area contributed by atoms with E-state index in [9.17, 15) is 4.79 Å². The molecule has 0 saturated carbocycles. The molecule has 0 saturated heterocycles. The SMILES string of the molecule is COCC(=O)Nc1ccc(NCc2ccccc2C)cc1. The molecule has 0 radical (unpaired) electrons. The third kappa shape index (κ3) is 4.61. The molecule has 21 heavy (non-hydrogen) atoms. The maximum atomic E-state index is 11.4. The maximum absolute atomic E-state index is 11.4. The van der Waals surface area contributed by atoms with Gasteiger partial charge in [0.2, 0.25) is 5.91 Å². The third-order valence-electron chi connectivity index (χ3n) is 3.19. The minimum Gasteiger partial charge on any atom is -0.381 e. The van der Waals surface area contributed by atoms with Gasteiger partial charge in [0.15, 0.2) is 0 Å². The first kappa shape index (κ1) is 15.1. The van der Waals surface area contributed by atoms with Gasteiger partial charge in [-0.15, -0.1) is 0 Å². The first-order valence-electron chi connectivity index (χ1n) is 6.86. The van der Waals surface area contributed by atoms with Crippen LogP contribution in [-0.4, -0.2) is 19.6 Å². The molecule has 0 bridgehead atoms. The Balaban J connectivity index is 1.91. The Morgan fingerprint density at radius 3 is 2.38 bits per heavy atom. The van der Waals surface area contributed by atoms with Gasteiger partial charge in [-0.1, -0.05) is 24.3 Å². The molecule has 2 rings (SSSR count). The number of methoxy groups -OCH3 is 1. The Bertz CT molecular complexity index is 594. The number of carbonyl (C=O) groups is 1. The van der Waals surface area contributed by atoms with Crippen LogP contribution in [0.1, 0.15) is 11.1 Å². The topological polar surface area (TPSA) is 50.4 Å². The van der Waals surface area contributed by atoms with Crippen LogP contribution in [0.25, 0.3) is 0 Å². The molecule has 0 unspecified atom stereocenters. The quantitative estimate of drug-likeness (QED) is 0.856. The molecule has 0 fully saturated rings. The van der Waals surface area contributed by atoms with Crippen LogP contribution < -0.4 is 10.6 Å². The molecule has 4 nitrogen and oxygen atoms in total. The number of aryl methyl sites for hydroxylation is 1. The molecule has 110 valence electrons. The lowest BCUT2D eigenvalue weighted by atomic mass is 10.1. The number of rotatable bonds is 6. The largest absolute Gasteiger partial charge is 0.381 e. The summed E-state index contributed by atoms with van der Waals surface area (Å²) >= 11 is 0. The van der Waals surface area contributed by atoms with Crippen molar-refractivity contribution in [1.82, 2.24) is 0 Å². The zero-order valence-corrected chi connectivity index (χ0v) is 12.3. The van der Waals surface area contributed by atoms with Gasteiger partial charge in [-0.3, -0.25) is 4.79 Å². The van der Waals surface area contributed by atoms with Crippen LogP contribution in [0.2, 0.25) is 0 Å². The normalized spacial score (nSPS) is 10.2. The molecule has 1 amide bonds. The molecule has 4 heteroatoms. The molecule has 2 N–H and O–H groups in total. The van der Waals surface area contributed by atoms with Gasteiger partial charge in [0.25, 0.3) is 0 Å². The fourth-order valence-corrected chi connectivity index (χ4v) is 2.01. The van der Waals surface area contributed by atoms with E-state index in [4.69, 9.17) is 4.74 Å². The number of anilines is 2. The summed E-state index contributed by atoms with van der Waals surface area (Å²) in [5.74, 6) is -0.155. The first-order chi connectivity index (χ1) is 10.2. The van der Waals surface area contributed by atoms with E-state index >= 15 is 0 Å². The Kier molecular flexibility index (Phi) is 5.35. The Labute approximate surface area is 125 Å². The number of ether oxygens (including phenoxy) is 1. The summed E-state index contributed by atoms with van der Waals surface area (Å²) in [5, 5.41) is 6.13. The minimum atomic E-state index is -0.155. The van der Waals surface area contributed by atoms with Crippen LogP contribution in [0.15, 0.2) is 48.5 Å². The first-order valence-corrected chi connectivity index (χ1v) is 6.86. The van der Waals surface area contributed by atoms with Crippen molar-refractivity contribution in [1.29, 1.82) is 0 Å². The monoisotopic (exact) mass is 284 g/mol. The lowest BCUT2D eigenvalue weighted by Crippen LogP contribution is -2.16. The summed E-state index contributed by atoms with van der Waals surface area (Å²) in [7, 11) is 1.50. The molecule has 0 aromatic heterocycles. The van der Waals surface area contributed by atoms with Gasteiger partial charge in [-0.2, -0.15) is 0 Å². The fourth-order valence-electron chi connectivity index (χ4n) is 2.01.